The summed E-state index contributed by atoms with van der Waals surface area (Å²) in [7, 11) is 1.60. The van der Waals surface area contributed by atoms with Crippen LogP contribution in [0, 0.1) is 0 Å². The van der Waals surface area contributed by atoms with Crippen molar-refractivity contribution in [3.63, 3.8) is 0 Å². The molecule has 0 fully saturated rings. The third-order valence-electron chi connectivity index (χ3n) is 2.88. The fraction of sp³-hybridized carbons (Fsp3) is 0.214. The first-order chi connectivity index (χ1) is 9.35. The molecule has 2 heterocycles. The molecule has 0 atom stereocenters. The zero-order chi connectivity index (χ0) is 13.1. The minimum absolute atomic E-state index is 0.299. The Morgan fingerprint density at radius 1 is 1.21 bits per heavy atom. The third-order valence-corrected chi connectivity index (χ3v) is 2.88. The molecular formula is C14H14N2O3. The molecule has 98 valence electrons. The van der Waals surface area contributed by atoms with Gasteiger partial charge in [-0.3, -0.25) is 0 Å². The van der Waals surface area contributed by atoms with Gasteiger partial charge in [-0.25, -0.2) is 4.98 Å². The van der Waals surface area contributed by atoms with E-state index in [0.29, 0.717) is 19.2 Å². The van der Waals surface area contributed by atoms with E-state index in [0.717, 1.165) is 22.7 Å². The van der Waals surface area contributed by atoms with Gasteiger partial charge in [0.15, 0.2) is 11.5 Å². The third kappa shape index (κ3) is 2.54. The van der Waals surface area contributed by atoms with E-state index >= 15 is 0 Å². The molecule has 2 aromatic rings. The number of fused-ring (bicyclic) bond motifs is 1. The molecule has 5 heteroatoms. The van der Waals surface area contributed by atoms with Gasteiger partial charge in [0.2, 0.25) is 12.7 Å². The fourth-order valence-electron chi connectivity index (χ4n) is 1.89. The Hall–Kier alpha value is -2.43. The highest BCUT2D eigenvalue weighted by molar-refractivity contribution is 5.48. The number of anilines is 1. The predicted molar refractivity (Wildman–Crippen MR) is 70.7 cm³/mol. The zero-order valence-corrected chi connectivity index (χ0v) is 10.6. The number of methoxy groups -OCH3 is 1. The van der Waals surface area contributed by atoms with Crippen LogP contribution < -0.4 is 19.5 Å². The van der Waals surface area contributed by atoms with Crippen LogP contribution in [0.1, 0.15) is 5.56 Å². The Balaban J connectivity index is 1.68. The summed E-state index contributed by atoms with van der Waals surface area (Å²) in [6.45, 7) is 0.998. The molecule has 1 aliphatic heterocycles. The molecule has 0 unspecified atom stereocenters. The van der Waals surface area contributed by atoms with E-state index in [-0.39, 0.29) is 0 Å². The summed E-state index contributed by atoms with van der Waals surface area (Å²) >= 11 is 0. The number of pyridine rings is 1. The lowest BCUT2D eigenvalue weighted by Crippen LogP contribution is -2.00. The van der Waals surface area contributed by atoms with Crippen molar-refractivity contribution in [2.45, 2.75) is 6.54 Å². The monoisotopic (exact) mass is 258 g/mol. The summed E-state index contributed by atoms with van der Waals surface area (Å²) in [5.41, 5.74) is 2.09. The van der Waals surface area contributed by atoms with Crippen LogP contribution in [0.15, 0.2) is 36.5 Å². The number of aromatic nitrogens is 1. The van der Waals surface area contributed by atoms with Crippen LogP contribution in [0.3, 0.4) is 0 Å². The largest absolute Gasteiger partial charge is 0.481 e. The van der Waals surface area contributed by atoms with Gasteiger partial charge in [0, 0.05) is 24.5 Å². The number of nitrogens with zero attached hydrogens (tertiary/aromatic N) is 1. The molecule has 1 aromatic carbocycles. The first-order valence-electron chi connectivity index (χ1n) is 5.97. The van der Waals surface area contributed by atoms with E-state index in [1.54, 1.807) is 13.3 Å². The molecular weight excluding hydrogens is 244 g/mol. The van der Waals surface area contributed by atoms with Crippen LogP contribution >= 0.6 is 0 Å². The van der Waals surface area contributed by atoms with Crippen molar-refractivity contribution >= 4 is 5.69 Å². The number of nitrogens with one attached hydrogen (secondary N) is 1. The van der Waals surface area contributed by atoms with Gasteiger partial charge in [-0.15, -0.1) is 0 Å². The molecule has 3 rings (SSSR count). The minimum Gasteiger partial charge on any atom is -0.481 e. The average Bonchev–Trinajstić information content (AvgIpc) is 2.93. The van der Waals surface area contributed by atoms with Crippen LogP contribution in [-0.2, 0) is 6.54 Å². The molecule has 1 N–H and O–H groups in total. The molecule has 0 spiro atoms. The van der Waals surface area contributed by atoms with Gasteiger partial charge in [-0.1, -0.05) is 6.07 Å². The molecule has 1 aromatic heterocycles. The van der Waals surface area contributed by atoms with Crippen LogP contribution in [0.4, 0.5) is 5.69 Å². The molecule has 0 saturated carbocycles. The standard InChI is InChI=1S/C14H14N2O3/c1-17-14-7-11(4-5-15-14)16-8-10-2-3-12-13(6-10)19-9-18-12/h2-7H,8-9H2,1H3,(H,15,16). The van der Waals surface area contributed by atoms with Gasteiger partial charge < -0.3 is 19.5 Å². The lowest BCUT2D eigenvalue weighted by molar-refractivity contribution is 0.174. The molecule has 19 heavy (non-hydrogen) atoms. The van der Waals surface area contributed by atoms with Crippen molar-refractivity contribution in [1.82, 2.24) is 4.98 Å². The Labute approximate surface area is 111 Å². The van der Waals surface area contributed by atoms with E-state index in [9.17, 15) is 0 Å². The van der Waals surface area contributed by atoms with E-state index in [4.69, 9.17) is 14.2 Å². The number of hydrogen-bond acceptors (Lipinski definition) is 5. The summed E-state index contributed by atoms with van der Waals surface area (Å²) in [5.74, 6) is 2.19. The van der Waals surface area contributed by atoms with Gasteiger partial charge in [-0.05, 0) is 23.8 Å². The second kappa shape index (κ2) is 5.06. The highest BCUT2D eigenvalue weighted by Crippen LogP contribution is 2.32. The molecule has 0 saturated heterocycles. The number of hydrogen-bond donors (Lipinski definition) is 1. The first kappa shape index (κ1) is 11.6. The smallest absolute Gasteiger partial charge is 0.231 e. The Morgan fingerprint density at radius 3 is 3.00 bits per heavy atom. The predicted octanol–water partition coefficient (Wildman–Crippen LogP) is 2.43. The summed E-state index contributed by atoms with van der Waals surface area (Å²) in [4.78, 5) is 4.06. The van der Waals surface area contributed by atoms with E-state index < -0.39 is 0 Å². The second-order valence-corrected chi connectivity index (χ2v) is 4.13. The van der Waals surface area contributed by atoms with Crippen molar-refractivity contribution in [1.29, 1.82) is 0 Å². The van der Waals surface area contributed by atoms with Crippen LogP contribution in [0.2, 0.25) is 0 Å². The summed E-state index contributed by atoms with van der Waals surface area (Å²) in [6, 6.07) is 9.67. The quantitative estimate of drug-likeness (QED) is 0.912. The number of ether oxygens (including phenoxy) is 3. The minimum atomic E-state index is 0.299. The highest BCUT2D eigenvalue weighted by atomic mass is 16.7. The highest BCUT2D eigenvalue weighted by Gasteiger charge is 2.12. The Kier molecular flexibility index (Phi) is 3.10. The van der Waals surface area contributed by atoms with Crippen molar-refractivity contribution in [3.05, 3.63) is 42.1 Å². The summed E-state index contributed by atoms with van der Waals surface area (Å²) in [6.07, 6.45) is 1.71. The van der Waals surface area contributed by atoms with Crippen molar-refractivity contribution in [3.8, 4) is 17.4 Å². The molecule has 1 aliphatic rings. The van der Waals surface area contributed by atoms with Crippen LogP contribution in [0.5, 0.6) is 17.4 Å². The van der Waals surface area contributed by atoms with E-state index in [1.165, 1.54) is 0 Å². The van der Waals surface area contributed by atoms with Crippen LogP contribution in [-0.4, -0.2) is 18.9 Å². The maximum atomic E-state index is 5.35. The first-order valence-corrected chi connectivity index (χ1v) is 5.97. The van der Waals surface area contributed by atoms with Gasteiger partial charge in [0.05, 0.1) is 7.11 Å². The van der Waals surface area contributed by atoms with Gasteiger partial charge in [0.1, 0.15) is 0 Å². The molecule has 0 bridgehead atoms. The van der Waals surface area contributed by atoms with Crippen molar-refractivity contribution in [2.24, 2.45) is 0 Å². The molecule has 0 aliphatic carbocycles. The summed E-state index contributed by atoms with van der Waals surface area (Å²) in [5, 5.41) is 3.31. The maximum Gasteiger partial charge on any atom is 0.231 e. The number of benzene rings is 1. The zero-order valence-electron chi connectivity index (χ0n) is 10.6. The van der Waals surface area contributed by atoms with E-state index in [2.05, 4.69) is 10.3 Å². The van der Waals surface area contributed by atoms with Crippen LogP contribution in [0.25, 0.3) is 0 Å². The fourth-order valence-corrected chi connectivity index (χ4v) is 1.89. The van der Waals surface area contributed by atoms with E-state index in [1.807, 2.05) is 30.3 Å². The SMILES string of the molecule is COc1cc(NCc2ccc3c(c2)OCO3)ccn1. The second-order valence-electron chi connectivity index (χ2n) is 4.13. The lowest BCUT2D eigenvalue weighted by atomic mass is 10.2. The molecule has 5 nitrogen and oxygen atoms in total. The number of rotatable bonds is 4. The topological polar surface area (TPSA) is 52.6 Å². The lowest BCUT2D eigenvalue weighted by Gasteiger charge is -2.08. The Bertz CT molecular complexity index is 587. The average molecular weight is 258 g/mol. The molecule has 0 amide bonds. The van der Waals surface area contributed by atoms with Crippen molar-refractivity contribution in [2.75, 3.05) is 19.2 Å². The maximum absolute atomic E-state index is 5.35. The summed E-state index contributed by atoms with van der Waals surface area (Å²) < 4.78 is 15.7. The normalized spacial score (nSPS) is 12.3. The van der Waals surface area contributed by atoms with Gasteiger partial charge in [-0.2, -0.15) is 0 Å². The van der Waals surface area contributed by atoms with Gasteiger partial charge >= 0.3 is 0 Å². The van der Waals surface area contributed by atoms with Crippen molar-refractivity contribution < 1.29 is 14.2 Å². The molecule has 0 radical (unpaired) electrons. The van der Waals surface area contributed by atoms with Gasteiger partial charge in [0.25, 0.3) is 0 Å². The Morgan fingerprint density at radius 2 is 2.11 bits per heavy atom.